The molecule has 1 unspecified atom stereocenters. The molecule has 0 amide bonds. The second kappa shape index (κ2) is 10.3. The van der Waals surface area contributed by atoms with Gasteiger partial charge in [-0.05, 0) is 30.3 Å². The Kier molecular flexibility index (Phi) is 8.39. The molecule has 0 saturated heterocycles. The van der Waals surface area contributed by atoms with Crippen LogP contribution in [0.5, 0.6) is 11.5 Å². The Balaban J connectivity index is 0.00000300. The van der Waals surface area contributed by atoms with Gasteiger partial charge in [0.05, 0.1) is 5.02 Å². The van der Waals surface area contributed by atoms with Gasteiger partial charge in [0.2, 0.25) is 0 Å². The van der Waals surface area contributed by atoms with Crippen molar-refractivity contribution in [2.75, 3.05) is 13.2 Å². The maximum atomic E-state index is 12.2. The van der Waals surface area contributed by atoms with Crippen molar-refractivity contribution in [2.45, 2.75) is 6.10 Å². The van der Waals surface area contributed by atoms with Crippen molar-refractivity contribution < 1.29 is 58.5 Å². The number of carboxylic acids is 1. The maximum absolute atomic E-state index is 12.2. The van der Waals surface area contributed by atoms with E-state index in [0.717, 1.165) is 6.07 Å². The van der Waals surface area contributed by atoms with Crippen LogP contribution in [0.2, 0.25) is 10.0 Å². The summed E-state index contributed by atoms with van der Waals surface area (Å²) in [6.45, 7) is -0.304. The fourth-order valence-corrected chi connectivity index (χ4v) is 2.87. The summed E-state index contributed by atoms with van der Waals surface area (Å²) in [5.41, 5.74) is -0.572. The number of hydrogen-bond acceptors (Lipinski definition) is 7. The van der Waals surface area contributed by atoms with Crippen LogP contribution in [0.25, 0.3) is 11.0 Å². The van der Waals surface area contributed by atoms with E-state index in [1.807, 2.05) is 0 Å². The van der Waals surface area contributed by atoms with Crippen LogP contribution in [0.4, 0.5) is 0 Å². The molecule has 1 heterocycles. The topological polar surface area (TPSA) is 109 Å². The van der Waals surface area contributed by atoms with E-state index >= 15 is 0 Å². The van der Waals surface area contributed by atoms with E-state index in [9.17, 15) is 19.8 Å². The number of halogens is 2. The van der Waals surface area contributed by atoms with E-state index in [2.05, 4.69) is 0 Å². The number of carbonyl (C=O) groups is 1. The number of fused-ring (bicyclic) bond motifs is 1. The van der Waals surface area contributed by atoms with Gasteiger partial charge in [0.25, 0.3) is 0 Å². The van der Waals surface area contributed by atoms with Crippen LogP contribution in [0.3, 0.4) is 0 Å². The van der Waals surface area contributed by atoms with Crippen molar-refractivity contribution in [3.05, 3.63) is 68.5 Å². The molecule has 3 aromatic rings. The Morgan fingerprint density at radius 3 is 2.45 bits per heavy atom. The second-order valence-electron chi connectivity index (χ2n) is 5.74. The largest absolute Gasteiger partial charge is 1.00 e. The summed E-state index contributed by atoms with van der Waals surface area (Å²) < 4.78 is 16.0. The first-order chi connectivity index (χ1) is 13.3. The third-order valence-electron chi connectivity index (χ3n) is 3.67. The predicted octanol–water partition coefficient (Wildman–Crippen LogP) is -0.714. The normalized spacial score (nSPS) is 11.6. The number of rotatable bonds is 7. The van der Waals surface area contributed by atoms with Gasteiger partial charge in [-0.2, -0.15) is 0 Å². The predicted molar refractivity (Wildman–Crippen MR) is 100 cm³/mol. The van der Waals surface area contributed by atoms with Crippen molar-refractivity contribution in [2.24, 2.45) is 0 Å². The summed E-state index contributed by atoms with van der Waals surface area (Å²) in [6.07, 6.45) is -1.03. The van der Waals surface area contributed by atoms with Crippen molar-refractivity contribution in [3.63, 3.8) is 0 Å². The SMILES string of the molecule is O=C([O-])c1cc(=O)c2c(OCC(O)COc3ccc(Cl)cc3Cl)cccc2o1.[Na+]. The number of hydrogen-bond donors (Lipinski definition) is 1. The molecule has 0 bridgehead atoms. The van der Waals surface area contributed by atoms with Gasteiger partial charge in [-0.15, -0.1) is 0 Å². The number of benzene rings is 2. The van der Waals surface area contributed by atoms with E-state index in [0.29, 0.717) is 15.8 Å². The van der Waals surface area contributed by atoms with E-state index in [1.165, 1.54) is 24.3 Å². The van der Waals surface area contributed by atoms with Crippen molar-refractivity contribution in [1.29, 1.82) is 0 Å². The van der Waals surface area contributed by atoms with Crippen LogP contribution >= 0.6 is 23.2 Å². The second-order valence-corrected chi connectivity index (χ2v) is 6.59. The molecule has 0 fully saturated rings. The monoisotopic (exact) mass is 446 g/mol. The zero-order valence-electron chi connectivity index (χ0n) is 15.2. The standard InChI is InChI=1S/C19H14Cl2O7.Na/c20-10-4-5-14(12(21)6-10)26-8-11(22)9-27-15-2-1-3-16-18(15)13(23)7-17(28-16)19(24)25;/h1-7,11,22H,8-9H2,(H,24,25);/q;+1/p-1. The number of aromatic carboxylic acids is 1. The molecule has 10 heteroatoms. The summed E-state index contributed by atoms with van der Waals surface area (Å²) >= 11 is 11.8. The Morgan fingerprint density at radius 2 is 1.79 bits per heavy atom. The number of aliphatic hydroxyl groups excluding tert-OH is 1. The molecular formula is C19H13Cl2NaO7. The number of carboxylic acid groups (broad SMARTS) is 1. The summed E-state index contributed by atoms with van der Waals surface area (Å²) in [5.74, 6) is -1.69. The first-order valence-electron chi connectivity index (χ1n) is 8.02. The average molecular weight is 447 g/mol. The van der Waals surface area contributed by atoms with Gasteiger partial charge < -0.3 is 28.9 Å². The molecule has 1 atom stereocenters. The summed E-state index contributed by atoms with van der Waals surface area (Å²) in [7, 11) is 0. The zero-order valence-corrected chi connectivity index (χ0v) is 18.7. The van der Waals surface area contributed by atoms with Crippen molar-refractivity contribution >= 4 is 40.1 Å². The third kappa shape index (κ3) is 5.88. The van der Waals surface area contributed by atoms with Gasteiger partial charge in [-0.25, -0.2) is 0 Å². The van der Waals surface area contributed by atoms with Gasteiger partial charge in [-0.1, -0.05) is 29.3 Å². The fraction of sp³-hybridized carbons (Fsp3) is 0.158. The quantitative estimate of drug-likeness (QED) is 0.477. The number of ether oxygens (including phenoxy) is 2. The minimum absolute atomic E-state index is 0. The molecule has 7 nitrogen and oxygen atoms in total. The summed E-state index contributed by atoms with van der Waals surface area (Å²) in [4.78, 5) is 23.1. The van der Waals surface area contributed by atoms with Crippen LogP contribution < -0.4 is 49.6 Å². The molecule has 0 aliphatic rings. The minimum Gasteiger partial charge on any atom is -0.542 e. The van der Waals surface area contributed by atoms with Crippen molar-refractivity contribution in [1.82, 2.24) is 0 Å². The molecular weight excluding hydrogens is 434 g/mol. The molecule has 0 radical (unpaired) electrons. The maximum Gasteiger partial charge on any atom is 1.00 e. The van der Waals surface area contributed by atoms with Gasteiger partial charge in [0.1, 0.15) is 47.8 Å². The number of aliphatic hydroxyl groups is 1. The zero-order chi connectivity index (χ0) is 20.3. The van der Waals surface area contributed by atoms with E-state index in [1.54, 1.807) is 12.1 Å². The van der Waals surface area contributed by atoms with E-state index in [4.69, 9.17) is 37.1 Å². The average Bonchev–Trinajstić information content (AvgIpc) is 2.65. The first kappa shape index (κ1) is 23.5. The summed E-state index contributed by atoms with van der Waals surface area (Å²) in [5, 5.41) is 21.8. The smallest absolute Gasteiger partial charge is 0.542 e. The Labute approximate surface area is 197 Å². The van der Waals surface area contributed by atoms with Crippen LogP contribution in [0.15, 0.2) is 51.7 Å². The van der Waals surface area contributed by atoms with Crippen LogP contribution in [-0.2, 0) is 0 Å². The Hall–Kier alpha value is -1.74. The molecule has 0 aliphatic heterocycles. The first-order valence-corrected chi connectivity index (χ1v) is 8.77. The van der Waals surface area contributed by atoms with Crippen LogP contribution in [-0.4, -0.2) is 30.4 Å². The summed E-state index contributed by atoms with van der Waals surface area (Å²) in [6, 6.07) is 9.95. The Bertz CT molecular complexity index is 1080. The van der Waals surface area contributed by atoms with Gasteiger partial charge >= 0.3 is 29.6 Å². The fourth-order valence-electron chi connectivity index (χ4n) is 2.41. The molecule has 146 valence electrons. The minimum atomic E-state index is -1.60. The van der Waals surface area contributed by atoms with Gasteiger partial charge in [-0.3, -0.25) is 4.79 Å². The van der Waals surface area contributed by atoms with Gasteiger partial charge in [0, 0.05) is 11.1 Å². The third-order valence-corrected chi connectivity index (χ3v) is 4.20. The molecule has 0 spiro atoms. The molecule has 1 aromatic heterocycles. The molecule has 3 rings (SSSR count). The molecule has 2 aromatic carbocycles. The van der Waals surface area contributed by atoms with Crippen LogP contribution in [0, 0.1) is 0 Å². The van der Waals surface area contributed by atoms with Crippen LogP contribution in [0.1, 0.15) is 10.6 Å². The Morgan fingerprint density at radius 1 is 1.10 bits per heavy atom. The van der Waals surface area contributed by atoms with E-state index < -0.39 is 23.3 Å². The molecule has 29 heavy (non-hydrogen) atoms. The molecule has 0 saturated carbocycles. The van der Waals surface area contributed by atoms with E-state index in [-0.39, 0.29) is 59.5 Å². The van der Waals surface area contributed by atoms with Gasteiger partial charge in [0.15, 0.2) is 11.2 Å². The molecule has 0 aliphatic carbocycles. The number of carbonyl (C=O) groups excluding carboxylic acids is 1. The van der Waals surface area contributed by atoms with Crippen molar-refractivity contribution in [3.8, 4) is 11.5 Å². The molecule has 1 N–H and O–H groups in total.